The summed E-state index contributed by atoms with van der Waals surface area (Å²) in [4.78, 5) is 0. The van der Waals surface area contributed by atoms with E-state index in [1.165, 1.54) is 12.8 Å². The maximum atomic E-state index is 12.3. The minimum absolute atomic E-state index is 0.234. The maximum Gasteiger partial charge on any atom is 0.387 e. The standard InChI is InChI=1S/C15H22BrF2NO/c1-11(2)5-3-4-8-19-10-12-9-13(16)6-7-14(12)20-15(17)18/h6-7,9,11,15,19H,3-5,8,10H2,1-2H3. The summed E-state index contributed by atoms with van der Waals surface area (Å²) in [5, 5.41) is 3.27. The van der Waals surface area contributed by atoms with Crippen LogP contribution in [0.5, 0.6) is 5.75 Å². The highest BCUT2D eigenvalue weighted by Crippen LogP contribution is 2.24. The molecule has 0 fully saturated rings. The lowest BCUT2D eigenvalue weighted by atomic mass is 10.1. The fourth-order valence-corrected chi connectivity index (χ4v) is 2.33. The summed E-state index contributed by atoms with van der Waals surface area (Å²) < 4.78 is 30.0. The van der Waals surface area contributed by atoms with Gasteiger partial charge in [-0.25, -0.2) is 0 Å². The van der Waals surface area contributed by atoms with Crippen LogP contribution in [0.2, 0.25) is 0 Å². The zero-order valence-electron chi connectivity index (χ0n) is 12.0. The van der Waals surface area contributed by atoms with Crippen LogP contribution in [0.1, 0.15) is 38.7 Å². The van der Waals surface area contributed by atoms with Gasteiger partial charge in [0.2, 0.25) is 0 Å². The average Bonchev–Trinajstić information content (AvgIpc) is 2.35. The molecule has 0 atom stereocenters. The molecule has 0 spiro atoms. The molecule has 5 heteroatoms. The molecule has 2 nitrogen and oxygen atoms in total. The van der Waals surface area contributed by atoms with Crippen LogP contribution in [-0.4, -0.2) is 13.2 Å². The lowest BCUT2D eigenvalue weighted by molar-refractivity contribution is -0.0505. The van der Waals surface area contributed by atoms with Crippen LogP contribution < -0.4 is 10.1 Å². The number of alkyl halides is 2. The number of nitrogens with one attached hydrogen (secondary N) is 1. The van der Waals surface area contributed by atoms with Crippen molar-refractivity contribution in [3.63, 3.8) is 0 Å². The normalized spacial score (nSPS) is 11.3. The molecule has 0 radical (unpaired) electrons. The first-order valence-corrected chi connectivity index (χ1v) is 7.72. The first-order chi connectivity index (χ1) is 9.49. The Labute approximate surface area is 128 Å². The van der Waals surface area contributed by atoms with Crippen LogP contribution in [0.25, 0.3) is 0 Å². The molecule has 0 aromatic heterocycles. The van der Waals surface area contributed by atoms with Gasteiger partial charge in [-0.2, -0.15) is 8.78 Å². The van der Waals surface area contributed by atoms with Gasteiger partial charge < -0.3 is 10.1 Å². The monoisotopic (exact) mass is 349 g/mol. The van der Waals surface area contributed by atoms with E-state index in [1.54, 1.807) is 18.2 Å². The van der Waals surface area contributed by atoms with Crippen LogP contribution in [0.15, 0.2) is 22.7 Å². The lowest BCUT2D eigenvalue weighted by Crippen LogP contribution is -2.16. The number of hydrogen-bond donors (Lipinski definition) is 1. The average molecular weight is 350 g/mol. The number of unbranched alkanes of at least 4 members (excludes halogenated alkanes) is 1. The van der Waals surface area contributed by atoms with Gasteiger partial charge in [0.05, 0.1) is 0 Å². The molecule has 114 valence electrons. The minimum atomic E-state index is -2.79. The Hall–Kier alpha value is -0.680. The molecule has 0 saturated carbocycles. The molecule has 0 unspecified atom stereocenters. The largest absolute Gasteiger partial charge is 0.434 e. The third-order valence-electron chi connectivity index (χ3n) is 2.94. The van der Waals surface area contributed by atoms with E-state index < -0.39 is 6.61 Å². The van der Waals surface area contributed by atoms with Gasteiger partial charge in [-0.05, 0) is 37.1 Å². The van der Waals surface area contributed by atoms with Crippen LogP contribution in [0, 0.1) is 5.92 Å². The van der Waals surface area contributed by atoms with E-state index in [-0.39, 0.29) is 5.75 Å². The number of hydrogen-bond acceptors (Lipinski definition) is 2. The van der Waals surface area contributed by atoms with Gasteiger partial charge in [-0.3, -0.25) is 0 Å². The highest BCUT2D eigenvalue weighted by atomic mass is 79.9. The molecule has 0 aliphatic carbocycles. The van der Waals surface area contributed by atoms with Crippen molar-refractivity contribution in [3.8, 4) is 5.75 Å². The van der Waals surface area contributed by atoms with Crippen molar-refractivity contribution < 1.29 is 13.5 Å². The number of ether oxygens (including phenoxy) is 1. The molecular weight excluding hydrogens is 328 g/mol. The summed E-state index contributed by atoms with van der Waals surface area (Å²) in [5.41, 5.74) is 0.739. The zero-order valence-corrected chi connectivity index (χ0v) is 13.6. The molecule has 0 amide bonds. The zero-order chi connectivity index (χ0) is 15.0. The van der Waals surface area contributed by atoms with Crippen molar-refractivity contribution in [2.45, 2.75) is 46.3 Å². The first-order valence-electron chi connectivity index (χ1n) is 6.93. The molecule has 0 heterocycles. The van der Waals surface area contributed by atoms with E-state index in [4.69, 9.17) is 0 Å². The Kier molecular flexibility index (Phi) is 8.07. The van der Waals surface area contributed by atoms with Crippen LogP contribution >= 0.6 is 15.9 Å². The fraction of sp³-hybridized carbons (Fsp3) is 0.600. The van der Waals surface area contributed by atoms with Gasteiger partial charge >= 0.3 is 6.61 Å². The van der Waals surface area contributed by atoms with Crippen molar-refractivity contribution >= 4 is 15.9 Å². The minimum Gasteiger partial charge on any atom is -0.434 e. The van der Waals surface area contributed by atoms with Gasteiger partial charge in [-0.15, -0.1) is 0 Å². The molecule has 0 saturated heterocycles. The lowest BCUT2D eigenvalue weighted by Gasteiger charge is -2.12. The Bertz CT molecular complexity index is 399. The molecule has 1 N–H and O–H groups in total. The molecule has 20 heavy (non-hydrogen) atoms. The Balaban J connectivity index is 2.40. The van der Waals surface area contributed by atoms with E-state index in [2.05, 4.69) is 39.8 Å². The summed E-state index contributed by atoms with van der Waals surface area (Å²) in [6.45, 7) is 3.04. The van der Waals surface area contributed by atoms with E-state index in [1.807, 2.05) is 0 Å². The van der Waals surface area contributed by atoms with Crippen molar-refractivity contribution in [3.05, 3.63) is 28.2 Å². The third-order valence-corrected chi connectivity index (χ3v) is 3.43. The summed E-state index contributed by atoms with van der Waals surface area (Å²) in [7, 11) is 0. The number of halogens is 3. The quantitative estimate of drug-likeness (QED) is 0.635. The van der Waals surface area contributed by atoms with Gasteiger partial charge in [0.15, 0.2) is 0 Å². The summed E-state index contributed by atoms with van der Waals surface area (Å²) in [5.74, 6) is 0.962. The van der Waals surface area contributed by atoms with Gasteiger partial charge in [-0.1, -0.05) is 42.6 Å². The SMILES string of the molecule is CC(C)CCCCNCc1cc(Br)ccc1OC(F)F. The molecule has 0 aliphatic rings. The van der Waals surface area contributed by atoms with Crippen molar-refractivity contribution in [1.82, 2.24) is 5.32 Å². The number of rotatable bonds is 9. The molecule has 1 aromatic rings. The van der Waals surface area contributed by atoms with Crippen LogP contribution in [-0.2, 0) is 6.54 Å². The Morgan fingerprint density at radius 3 is 2.65 bits per heavy atom. The highest BCUT2D eigenvalue weighted by molar-refractivity contribution is 9.10. The Morgan fingerprint density at radius 1 is 1.25 bits per heavy atom. The second kappa shape index (κ2) is 9.29. The van der Waals surface area contributed by atoms with Gasteiger partial charge in [0.25, 0.3) is 0 Å². The molecular formula is C15H22BrF2NO. The highest BCUT2D eigenvalue weighted by Gasteiger charge is 2.09. The molecule has 0 aliphatic heterocycles. The van der Waals surface area contributed by atoms with Crippen molar-refractivity contribution in [2.24, 2.45) is 5.92 Å². The molecule has 0 bridgehead atoms. The topological polar surface area (TPSA) is 21.3 Å². The summed E-state index contributed by atoms with van der Waals surface area (Å²) >= 11 is 3.34. The van der Waals surface area contributed by atoms with Gasteiger partial charge in [0, 0.05) is 16.6 Å². The predicted octanol–water partition coefficient (Wildman–Crippen LogP) is 4.97. The first kappa shape index (κ1) is 17.4. The summed E-state index contributed by atoms with van der Waals surface area (Å²) in [6.07, 6.45) is 3.50. The van der Waals surface area contributed by atoms with E-state index in [0.29, 0.717) is 6.54 Å². The van der Waals surface area contributed by atoms with E-state index in [0.717, 1.165) is 28.9 Å². The summed E-state index contributed by atoms with van der Waals surface area (Å²) in [6, 6.07) is 5.06. The predicted molar refractivity (Wildman–Crippen MR) is 81.2 cm³/mol. The molecule has 1 rings (SSSR count). The van der Waals surface area contributed by atoms with Crippen LogP contribution in [0.3, 0.4) is 0 Å². The smallest absolute Gasteiger partial charge is 0.387 e. The van der Waals surface area contributed by atoms with Crippen molar-refractivity contribution in [1.29, 1.82) is 0 Å². The van der Waals surface area contributed by atoms with Gasteiger partial charge in [0.1, 0.15) is 5.75 Å². The maximum absolute atomic E-state index is 12.3. The van der Waals surface area contributed by atoms with Crippen molar-refractivity contribution in [2.75, 3.05) is 6.54 Å². The second-order valence-corrected chi connectivity index (χ2v) is 6.11. The van der Waals surface area contributed by atoms with E-state index in [9.17, 15) is 8.78 Å². The third kappa shape index (κ3) is 7.20. The number of benzene rings is 1. The fourth-order valence-electron chi connectivity index (χ4n) is 1.92. The van der Waals surface area contributed by atoms with E-state index >= 15 is 0 Å². The second-order valence-electron chi connectivity index (χ2n) is 5.20. The van der Waals surface area contributed by atoms with Crippen LogP contribution in [0.4, 0.5) is 8.78 Å². The molecule has 1 aromatic carbocycles. The Morgan fingerprint density at radius 2 is 2.00 bits per heavy atom.